The van der Waals surface area contributed by atoms with E-state index >= 15 is 0 Å². The molecule has 0 aliphatic rings. The molecule has 6 heteroatoms. The molecule has 0 saturated heterocycles. The summed E-state index contributed by atoms with van der Waals surface area (Å²) in [7, 11) is 0. The molecule has 0 aromatic heterocycles. The minimum absolute atomic E-state index is 0.273. The Morgan fingerprint density at radius 1 is 1.42 bits per heavy atom. The molecule has 5 N–H and O–H groups in total. The van der Waals surface area contributed by atoms with Crippen molar-refractivity contribution in [3.8, 4) is 0 Å². The molecule has 0 aliphatic heterocycles. The van der Waals surface area contributed by atoms with Crippen LogP contribution in [0.5, 0.6) is 0 Å². The fraction of sp³-hybridized carbons (Fsp3) is 0.667. The number of hydrogen-bond donors (Lipinski definition) is 3. The van der Waals surface area contributed by atoms with E-state index in [-0.39, 0.29) is 12.5 Å². The van der Waals surface area contributed by atoms with Crippen LogP contribution in [-0.2, 0) is 14.3 Å². The maximum atomic E-state index is 9.92. The van der Waals surface area contributed by atoms with Crippen molar-refractivity contribution >= 4 is 11.9 Å². The lowest BCUT2D eigenvalue weighted by molar-refractivity contribution is -0.140. The van der Waals surface area contributed by atoms with E-state index < -0.39 is 5.97 Å². The highest BCUT2D eigenvalue weighted by Crippen LogP contribution is 1.69. The molecule has 0 aliphatic carbocycles. The summed E-state index contributed by atoms with van der Waals surface area (Å²) in [6, 6.07) is 0. The van der Waals surface area contributed by atoms with Crippen LogP contribution < -0.4 is 11.5 Å². The van der Waals surface area contributed by atoms with Crippen LogP contribution in [0.1, 0.15) is 6.92 Å². The first-order chi connectivity index (χ1) is 5.54. The van der Waals surface area contributed by atoms with Gasteiger partial charge in [0.1, 0.15) is 6.61 Å². The average Bonchev–Trinajstić information content (AvgIpc) is 2.02. The molecule has 0 spiro atoms. The zero-order valence-corrected chi connectivity index (χ0v) is 6.95. The van der Waals surface area contributed by atoms with Gasteiger partial charge in [-0.3, -0.25) is 9.59 Å². The van der Waals surface area contributed by atoms with Crippen LogP contribution in [0.2, 0.25) is 0 Å². The Balaban J connectivity index is 0. The van der Waals surface area contributed by atoms with Gasteiger partial charge in [0.2, 0.25) is 0 Å². The van der Waals surface area contributed by atoms with Crippen LogP contribution in [0.3, 0.4) is 0 Å². The van der Waals surface area contributed by atoms with Gasteiger partial charge >= 0.3 is 11.9 Å². The second kappa shape index (κ2) is 9.86. The zero-order valence-electron chi connectivity index (χ0n) is 6.95. The fourth-order valence-electron chi connectivity index (χ4n) is 0.203. The van der Waals surface area contributed by atoms with E-state index in [1.54, 1.807) is 0 Å². The fourth-order valence-corrected chi connectivity index (χ4v) is 0.203. The molecule has 12 heavy (non-hydrogen) atoms. The third-order valence-corrected chi connectivity index (χ3v) is 0.598. The van der Waals surface area contributed by atoms with Crippen LogP contribution in [0.4, 0.5) is 0 Å². The second-order valence-corrected chi connectivity index (χ2v) is 1.73. The van der Waals surface area contributed by atoms with Crippen molar-refractivity contribution in [3.05, 3.63) is 0 Å². The van der Waals surface area contributed by atoms with E-state index in [9.17, 15) is 9.59 Å². The number of rotatable bonds is 3. The van der Waals surface area contributed by atoms with Crippen molar-refractivity contribution in [1.82, 2.24) is 0 Å². The average molecular weight is 178 g/mol. The van der Waals surface area contributed by atoms with Gasteiger partial charge in [-0.2, -0.15) is 0 Å². The Morgan fingerprint density at radius 3 is 1.92 bits per heavy atom. The predicted octanol–water partition coefficient (Wildman–Crippen LogP) is -1.46. The summed E-state index contributed by atoms with van der Waals surface area (Å²) in [5.41, 5.74) is 9.57. The van der Waals surface area contributed by atoms with Crippen LogP contribution >= 0.6 is 0 Å². The van der Waals surface area contributed by atoms with Gasteiger partial charge in [0.25, 0.3) is 0 Å². The normalized spacial score (nSPS) is 7.92. The molecular formula is C6H14N2O4. The Labute approximate surface area is 70.5 Å². The lowest BCUT2D eigenvalue weighted by Gasteiger charge is -1.93. The van der Waals surface area contributed by atoms with Gasteiger partial charge in [0, 0.05) is 13.5 Å². The lowest BCUT2D eigenvalue weighted by Crippen LogP contribution is -2.10. The largest absolute Gasteiger partial charge is 0.480 e. The van der Waals surface area contributed by atoms with Crippen LogP contribution in [0, 0.1) is 0 Å². The Morgan fingerprint density at radius 2 is 1.83 bits per heavy atom. The highest BCUT2D eigenvalue weighted by Gasteiger charge is 1.85. The summed E-state index contributed by atoms with van der Waals surface area (Å²) >= 11 is 0. The van der Waals surface area contributed by atoms with E-state index in [0.717, 1.165) is 0 Å². The number of carboxylic acid groups (broad SMARTS) is 1. The summed E-state index contributed by atoms with van der Waals surface area (Å²) in [5, 5.41) is 7.60. The topological polar surface area (TPSA) is 116 Å². The number of carbonyl (C=O) groups excluding carboxylic acids is 1. The van der Waals surface area contributed by atoms with Crippen LogP contribution in [0.25, 0.3) is 0 Å². The van der Waals surface area contributed by atoms with Crippen molar-refractivity contribution in [3.63, 3.8) is 0 Å². The molecule has 0 saturated carbocycles. The van der Waals surface area contributed by atoms with Gasteiger partial charge in [-0.1, -0.05) is 0 Å². The first-order valence-corrected chi connectivity index (χ1v) is 3.29. The van der Waals surface area contributed by atoms with Crippen LogP contribution in [0.15, 0.2) is 0 Å². The number of hydrogen-bond acceptors (Lipinski definition) is 5. The molecule has 0 bridgehead atoms. The SMILES string of the molecule is CC(=O)OCCN.NCC(=O)O. The van der Waals surface area contributed by atoms with Gasteiger partial charge in [-0.05, 0) is 0 Å². The molecular weight excluding hydrogens is 164 g/mol. The quantitative estimate of drug-likeness (QED) is 0.455. The summed E-state index contributed by atoms with van der Waals surface area (Å²) in [5.74, 6) is -1.24. The molecule has 0 atom stereocenters. The minimum atomic E-state index is -0.968. The number of carboxylic acids is 1. The molecule has 0 fully saturated rings. The highest BCUT2D eigenvalue weighted by molar-refractivity contribution is 5.68. The molecule has 0 amide bonds. The summed E-state index contributed by atoms with van der Waals surface area (Å²) < 4.78 is 4.43. The first kappa shape index (κ1) is 13.4. The van der Waals surface area contributed by atoms with E-state index in [0.29, 0.717) is 13.2 Å². The van der Waals surface area contributed by atoms with Gasteiger partial charge in [0.15, 0.2) is 0 Å². The molecule has 6 nitrogen and oxygen atoms in total. The molecule has 0 rings (SSSR count). The number of nitrogens with two attached hydrogens (primary N) is 2. The monoisotopic (exact) mass is 178 g/mol. The van der Waals surface area contributed by atoms with Gasteiger partial charge in [-0.25, -0.2) is 0 Å². The Kier molecular flexibility index (Phi) is 11.1. The van der Waals surface area contributed by atoms with Crippen molar-refractivity contribution in [2.75, 3.05) is 19.7 Å². The zero-order chi connectivity index (χ0) is 9.98. The summed E-state index contributed by atoms with van der Waals surface area (Å²) in [6.07, 6.45) is 0. The maximum absolute atomic E-state index is 9.92. The third-order valence-electron chi connectivity index (χ3n) is 0.598. The lowest BCUT2D eigenvalue weighted by atomic mass is 10.7. The molecule has 0 radical (unpaired) electrons. The van der Waals surface area contributed by atoms with E-state index in [1.807, 2.05) is 0 Å². The standard InChI is InChI=1S/C4H9NO2.C2H5NO2/c1-4(6)7-3-2-5;3-1-2(4)5/h2-3,5H2,1H3;1,3H2,(H,4,5). The number of carbonyl (C=O) groups is 2. The van der Waals surface area contributed by atoms with Crippen molar-refractivity contribution in [1.29, 1.82) is 0 Å². The molecule has 72 valence electrons. The Hall–Kier alpha value is -1.14. The summed E-state index contributed by atoms with van der Waals surface area (Å²) in [6.45, 7) is 1.81. The maximum Gasteiger partial charge on any atom is 0.317 e. The van der Waals surface area contributed by atoms with Gasteiger partial charge in [0.05, 0.1) is 6.54 Å². The van der Waals surface area contributed by atoms with E-state index in [2.05, 4.69) is 10.5 Å². The minimum Gasteiger partial charge on any atom is -0.480 e. The van der Waals surface area contributed by atoms with Crippen molar-refractivity contribution < 1.29 is 19.4 Å². The van der Waals surface area contributed by atoms with Crippen LogP contribution in [-0.4, -0.2) is 36.7 Å². The molecule has 0 heterocycles. The first-order valence-electron chi connectivity index (χ1n) is 3.29. The molecule has 0 aromatic carbocycles. The molecule has 0 unspecified atom stereocenters. The van der Waals surface area contributed by atoms with Crippen molar-refractivity contribution in [2.24, 2.45) is 11.5 Å². The smallest absolute Gasteiger partial charge is 0.317 e. The highest BCUT2D eigenvalue weighted by atomic mass is 16.5. The van der Waals surface area contributed by atoms with E-state index in [1.165, 1.54) is 6.92 Å². The summed E-state index contributed by atoms with van der Waals surface area (Å²) in [4.78, 5) is 19.2. The number of esters is 1. The van der Waals surface area contributed by atoms with Gasteiger partial charge in [-0.15, -0.1) is 0 Å². The van der Waals surface area contributed by atoms with Gasteiger partial charge < -0.3 is 21.3 Å². The predicted molar refractivity (Wildman–Crippen MR) is 42.4 cm³/mol. The number of aliphatic carboxylic acids is 1. The third kappa shape index (κ3) is 23.2. The molecule has 0 aromatic rings. The van der Waals surface area contributed by atoms with E-state index in [4.69, 9.17) is 10.8 Å². The van der Waals surface area contributed by atoms with Crippen molar-refractivity contribution in [2.45, 2.75) is 6.92 Å². The Bertz CT molecular complexity index is 138. The number of ether oxygens (including phenoxy) is 1. The second-order valence-electron chi connectivity index (χ2n) is 1.73.